The highest BCUT2D eigenvalue weighted by Gasteiger charge is 2.45. The highest BCUT2D eigenvalue weighted by atomic mass is 19.1. The summed E-state index contributed by atoms with van der Waals surface area (Å²) in [5.74, 6) is -1.81. The molecule has 1 aliphatic heterocycles. The molecule has 0 saturated carbocycles. The largest absolute Gasteiger partial charge is 0.489 e. The van der Waals surface area contributed by atoms with Crippen molar-refractivity contribution in [2.75, 3.05) is 19.8 Å². The summed E-state index contributed by atoms with van der Waals surface area (Å²) < 4.78 is 25.0. The Hall–Kier alpha value is -5.10. The summed E-state index contributed by atoms with van der Waals surface area (Å²) in [6.07, 6.45) is 1.55. The molecule has 2 aromatic carbocycles. The van der Waals surface area contributed by atoms with Crippen LogP contribution in [0, 0.1) is 5.82 Å². The van der Waals surface area contributed by atoms with Crippen LogP contribution in [-0.4, -0.2) is 52.6 Å². The lowest BCUT2D eigenvalue weighted by Crippen LogP contribution is -2.41. The van der Waals surface area contributed by atoms with E-state index in [1.807, 2.05) is 0 Å². The van der Waals surface area contributed by atoms with Gasteiger partial charge < -0.3 is 31.4 Å². The van der Waals surface area contributed by atoms with Crippen molar-refractivity contribution in [2.24, 2.45) is 11.5 Å². The minimum Gasteiger partial charge on any atom is -0.489 e. The van der Waals surface area contributed by atoms with Gasteiger partial charge in [-0.1, -0.05) is 6.07 Å². The SMILES string of the molecule is CC(O)(CNC(=O)c1cc(OCC(N)=O)c2ncccc2c1)c1cc2c(c(-c3ccc(F)cc3)n1)OC[C@]2(C)C(N)=O. The minimum atomic E-state index is -1.73. The van der Waals surface area contributed by atoms with Gasteiger partial charge in [-0.15, -0.1) is 0 Å². The van der Waals surface area contributed by atoms with E-state index < -0.39 is 41.2 Å². The maximum atomic E-state index is 13.7. The van der Waals surface area contributed by atoms with Gasteiger partial charge in [0.2, 0.25) is 5.91 Å². The Balaban J connectivity index is 1.47. The van der Waals surface area contributed by atoms with Gasteiger partial charge in [-0.3, -0.25) is 19.4 Å². The number of benzene rings is 2. The van der Waals surface area contributed by atoms with Crippen LogP contribution in [0.4, 0.5) is 4.39 Å². The number of pyridine rings is 2. The first-order valence-electron chi connectivity index (χ1n) is 12.9. The normalized spacial score (nSPS) is 17.1. The molecule has 0 fully saturated rings. The van der Waals surface area contributed by atoms with E-state index in [4.69, 9.17) is 20.9 Å². The first-order chi connectivity index (χ1) is 19.9. The van der Waals surface area contributed by atoms with Gasteiger partial charge in [0.1, 0.15) is 46.1 Å². The standard InChI is InChI=1S/C30H28FN5O6/c1-29(28(33)39)15-42-26-20(29)12-22(36-25(26)16-5-7-19(31)8-6-16)30(2,40)14-35-27(38)18-10-17-4-3-9-34-24(17)21(11-18)41-13-23(32)37/h3-12,40H,13-15H2,1-2H3,(H2,32,37)(H2,33,39)(H,35,38)/t29-,30?/m0/s1. The monoisotopic (exact) mass is 573 g/mol. The van der Waals surface area contributed by atoms with Crippen molar-refractivity contribution < 1.29 is 33.4 Å². The van der Waals surface area contributed by atoms with Crippen LogP contribution < -0.4 is 26.3 Å². The number of amides is 3. The molecule has 3 amide bonds. The van der Waals surface area contributed by atoms with E-state index in [2.05, 4.69) is 15.3 Å². The number of fused-ring (bicyclic) bond motifs is 2. The number of hydrogen-bond donors (Lipinski definition) is 4. The van der Waals surface area contributed by atoms with Crippen LogP contribution in [0.25, 0.3) is 22.2 Å². The number of ether oxygens (including phenoxy) is 2. The summed E-state index contributed by atoms with van der Waals surface area (Å²) in [5, 5.41) is 14.8. The van der Waals surface area contributed by atoms with Crippen LogP contribution in [0.3, 0.4) is 0 Å². The molecule has 5 rings (SSSR count). The average Bonchev–Trinajstić information content (AvgIpc) is 3.32. The molecule has 6 N–H and O–H groups in total. The predicted octanol–water partition coefficient (Wildman–Crippen LogP) is 2.07. The second-order valence-electron chi connectivity index (χ2n) is 10.5. The Morgan fingerprint density at radius 1 is 1.17 bits per heavy atom. The van der Waals surface area contributed by atoms with Gasteiger partial charge in [0, 0.05) is 28.3 Å². The number of nitrogens with two attached hydrogens (primary N) is 2. The summed E-state index contributed by atoms with van der Waals surface area (Å²) in [6, 6.07) is 13.5. The summed E-state index contributed by atoms with van der Waals surface area (Å²) in [6.45, 7) is 2.37. The molecule has 12 heteroatoms. The third-order valence-electron chi connectivity index (χ3n) is 7.18. The lowest BCUT2D eigenvalue weighted by Gasteiger charge is -2.26. The van der Waals surface area contributed by atoms with E-state index in [9.17, 15) is 23.9 Å². The Morgan fingerprint density at radius 3 is 2.60 bits per heavy atom. The number of halogens is 1. The van der Waals surface area contributed by atoms with Gasteiger partial charge in [-0.25, -0.2) is 9.37 Å². The van der Waals surface area contributed by atoms with Gasteiger partial charge >= 0.3 is 0 Å². The van der Waals surface area contributed by atoms with E-state index in [-0.39, 0.29) is 35.9 Å². The lowest BCUT2D eigenvalue weighted by molar-refractivity contribution is -0.123. The van der Waals surface area contributed by atoms with Crippen LogP contribution in [0.1, 0.15) is 35.5 Å². The Bertz CT molecular complexity index is 1730. The summed E-state index contributed by atoms with van der Waals surface area (Å²) in [5.41, 5.74) is 9.96. The van der Waals surface area contributed by atoms with Crippen molar-refractivity contribution >= 4 is 28.6 Å². The quantitative estimate of drug-likeness (QED) is 0.235. The molecule has 216 valence electrons. The molecule has 3 heterocycles. The second-order valence-corrected chi connectivity index (χ2v) is 10.5. The molecule has 1 aliphatic rings. The number of rotatable bonds is 9. The number of primary amides is 2. The van der Waals surface area contributed by atoms with Gasteiger partial charge in [0.25, 0.3) is 11.8 Å². The molecule has 0 saturated heterocycles. The van der Waals surface area contributed by atoms with Crippen LogP contribution in [0.15, 0.2) is 60.8 Å². The first-order valence-corrected chi connectivity index (χ1v) is 12.9. The van der Waals surface area contributed by atoms with Crippen LogP contribution in [0.5, 0.6) is 11.5 Å². The van der Waals surface area contributed by atoms with Crippen molar-refractivity contribution in [1.82, 2.24) is 15.3 Å². The minimum absolute atomic E-state index is 0.0349. The molecule has 11 nitrogen and oxygen atoms in total. The topological polar surface area (TPSA) is 180 Å². The first kappa shape index (κ1) is 28.4. The zero-order chi connectivity index (χ0) is 30.2. The molecule has 0 aliphatic carbocycles. The third kappa shape index (κ3) is 5.31. The molecule has 2 aromatic heterocycles. The number of nitrogens with one attached hydrogen (secondary N) is 1. The Kier molecular flexibility index (Phi) is 7.25. The molecule has 42 heavy (non-hydrogen) atoms. The van der Waals surface area contributed by atoms with Gasteiger partial charge in [0.15, 0.2) is 6.61 Å². The predicted molar refractivity (Wildman–Crippen MR) is 150 cm³/mol. The highest BCUT2D eigenvalue weighted by molar-refractivity contribution is 6.00. The van der Waals surface area contributed by atoms with Crippen LogP contribution in [-0.2, 0) is 20.6 Å². The summed E-state index contributed by atoms with van der Waals surface area (Å²) in [4.78, 5) is 45.8. The van der Waals surface area contributed by atoms with Crippen molar-refractivity contribution in [3.05, 3.63) is 83.4 Å². The molecule has 2 atom stereocenters. The number of aromatic nitrogens is 2. The van der Waals surface area contributed by atoms with E-state index in [1.54, 1.807) is 31.3 Å². The van der Waals surface area contributed by atoms with E-state index in [0.717, 1.165) is 0 Å². The van der Waals surface area contributed by atoms with Gasteiger partial charge in [-0.05, 0) is 62.4 Å². The van der Waals surface area contributed by atoms with Crippen molar-refractivity contribution in [3.8, 4) is 22.8 Å². The summed E-state index contributed by atoms with van der Waals surface area (Å²) >= 11 is 0. The number of hydrogen-bond acceptors (Lipinski definition) is 8. The number of aliphatic hydroxyl groups is 1. The maximum Gasteiger partial charge on any atom is 0.255 e. The highest BCUT2D eigenvalue weighted by Crippen LogP contribution is 2.45. The van der Waals surface area contributed by atoms with E-state index in [0.29, 0.717) is 27.8 Å². The fourth-order valence-electron chi connectivity index (χ4n) is 4.66. The van der Waals surface area contributed by atoms with Gasteiger partial charge in [-0.2, -0.15) is 0 Å². The second kappa shape index (κ2) is 10.7. The fraction of sp³-hybridized carbons (Fsp3) is 0.233. The fourth-order valence-corrected chi connectivity index (χ4v) is 4.66. The Labute approximate surface area is 239 Å². The van der Waals surface area contributed by atoms with Crippen molar-refractivity contribution in [1.29, 1.82) is 0 Å². The third-order valence-corrected chi connectivity index (χ3v) is 7.18. The molecular formula is C30H28FN5O6. The van der Waals surface area contributed by atoms with Crippen LogP contribution >= 0.6 is 0 Å². The van der Waals surface area contributed by atoms with E-state index in [1.165, 1.54) is 43.3 Å². The maximum absolute atomic E-state index is 13.7. The number of carbonyl (C=O) groups excluding carboxylic acids is 3. The summed E-state index contributed by atoms with van der Waals surface area (Å²) in [7, 11) is 0. The number of nitrogens with zero attached hydrogens (tertiary/aromatic N) is 2. The molecule has 1 unspecified atom stereocenters. The zero-order valence-electron chi connectivity index (χ0n) is 22.8. The molecule has 0 bridgehead atoms. The van der Waals surface area contributed by atoms with Crippen molar-refractivity contribution in [2.45, 2.75) is 24.9 Å². The smallest absolute Gasteiger partial charge is 0.255 e. The van der Waals surface area contributed by atoms with Gasteiger partial charge in [0.05, 0.1) is 12.2 Å². The average molecular weight is 574 g/mol. The molecule has 0 spiro atoms. The lowest BCUT2D eigenvalue weighted by atomic mass is 9.82. The van der Waals surface area contributed by atoms with E-state index >= 15 is 0 Å². The number of carbonyl (C=O) groups is 3. The molecule has 0 radical (unpaired) electrons. The van der Waals surface area contributed by atoms with Crippen LogP contribution in [0.2, 0.25) is 0 Å². The molecule has 4 aromatic rings. The molecular weight excluding hydrogens is 545 g/mol. The Morgan fingerprint density at radius 2 is 1.90 bits per heavy atom. The van der Waals surface area contributed by atoms with Crippen molar-refractivity contribution in [3.63, 3.8) is 0 Å². The zero-order valence-corrected chi connectivity index (χ0v) is 22.8.